The van der Waals surface area contributed by atoms with Crippen LogP contribution in [0.1, 0.15) is 27.2 Å². The van der Waals surface area contributed by atoms with Gasteiger partial charge in [0.05, 0.1) is 5.56 Å². The molecule has 0 saturated carbocycles. The van der Waals surface area contributed by atoms with Crippen molar-refractivity contribution in [2.75, 3.05) is 0 Å². The van der Waals surface area contributed by atoms with E-state index in [1.807, 2.05) is 24.6 Å². The van der Waals surface area contributed by atoms with Crippen LogP contribution >= 0.6 is 0 Å². The Morgan fingerprint density at radius 3 is 2.28 bits per heavy atom. The second-order valence-electron chi connectivity index (χ2n) is 4.69. The standard InChI is InChI=1S/C15H17NO2/c1-9-5-6-12(7-10(9)2)14-8-13(15(17)18)11(3)16(14)4/h5-8H,1-4H3,(H,17,18). The molecular weight excluding hydrogens is 226 g/mol. The van der Waals surface area contributed by atoms with Crippen LogP contribution in [-0.2, 0) is 7.05 Å². The number of hydrogen-bond donors (Lipinski definition) is 1. The zero-order valence-electron chi connectivity index (χ0n) is 11.1. The highest BCUT2D eigenvalue weighted by atomic mass is 16.4. The molecule has 1 heterocycles. The molecule has 2 rings (SSSR count). The molecule has 0 aliphatic heterocycles. The van der Waals surface area contributed by atoms with Crippen molar-refractivity contribution in [1.82, 2.24) is 4.57 Å². The van der Waals surface area contributed by atoms with Gasteiger partial charge in [-0.05, 0) is 49.6 Å². The number of carboxylic acids is 1. The molecule has 1 aromatic carbocycles. The number of hydrogen-bond acceptors (Lipinski definition) is 1. The maximum Gasteiger partial charge on any atom is 0.337 e. The Labute approximate surface area is 107 Å². The largest absolute Gasteiger partial charge is 0.478 e. The van der Waals surface area contributed by atoms with Crippen LogP contribution in [0.3, 0.4) is 0 Å². The summed E-state index contributed by atoms with van der Waals surface area (Å²) < 4.78 is 1.92. The van der Waals surface area contributed by atoms with Gasteiger partial charge in [0.15, 0.2) is 0 Å². The van der Waals surface area contributed by atoms with E-state index in [9.17, 15) is 4.79 Å². The minimum Gasteiger partial charge on any atom is -0.478 e. The van der Waals surface area contributed by atoms with Crippen LogP contribution in [-0.4, -0.2) is 15.6 Å². The lowest BCUT2D eigenvalue weighted by Gasteiger charge is -2.07. The highest BCUT2D eigenvalue weighted by Gasteiger charge is 2.15. The first-order chi connectivity index (χ1) is 8.41. The fraction of sp³-hybridized carbons (Fsp3) is 0.267. The minimum atomic E-state index is -0.877. The van der Waals surface area contributed by atoms with E-state index in [2.05, 4.69) is 26.0 Å². The summed E-state index contributed by atoms with van der Waals surface area (Å²) >= 11 is 0. The highest BCUT2D eigenvalue weighted by Crippen LogP contribution is 2.26. The Balaban J connectivity index is 2.61. The van der Waals surface area contributed by atoms with Gasteiger partial charge in [0.25, 0.3) is 0 Å². The predicted octanol–water partition coefficient (Wildman–Crippen LogP) is 3.32. The highest BCUT2D eigenvalue weighted by molar-refractivity contribution is 5.91. The molecule has 0 saturated heterocycles. The number of carbonyl (C=O) groups is 1. The van der Waals surface area contributed by atoms with Crippen molar-refractivity contribution in [3.8, 4) is 11.3 Å². The molecule has 3 heteroatoms. The van der Waals surface area contributed by atoms with Gasteiger partial charge in [-0.1, -0.05) is 12.1 Å². The van der Waals surface area contributed by atoms with E-state index in [0.717, 1.165) is 17.0 Å². The van der Waals surface area contributed by atoms with Crippen molar-refractivity contribution in [3.63, 3.8) is 0 Å². The minimum absolute atomic E-state index is 0.366. The van der Waals surface area contributed by atoms with E-state index in [0.29, 0.717) is 5.56 Å². The van der Waals surface area contributed by atoms with Crippen LogP contribution in [0.4, 0.5) is 0 Å². The quantitative estimate of drug-likeness (QED) is 0.879. The van der Waals surface area contributed by atoms with E-state index in [1.165, 1.54) is 11.1 Å². The van der Waals surface area contributed by atoms with Crippen LogP contribution in [0.15, 0.2) is 24.3 Å². The van der Waals surface area contributed by atoms with Crippen molar-refractivity contribution >= 4 is 5.97 Å². The lowest BCUT2D eigenvalue weighted by atomic mass is 10.0. The van der Waals surface area contributed by atoms with E-state index in [-0.39, 0.29) is 0 Å². The molecule has 0 atom stereocenters. The molecule has 18 heavy (non-hydrogen) atoms. The van der Waals surface area contributed by atoms with Gasteiger partial charge >= 0.3 is 5.97 Å². The fourth-order valence-electron chi connectivity index (χ4n) is 2.09. The Kier molecular flexibility index (Phi) is 2.99. The molecule has 3 nitrogen and oxygen atoms in total. The molecule has 0 radical (unpaired) electrons. The van der Waals surface area contributed by atoms with Gasteiger partial charge in [-0.2, -0.15) is 0 Å². The first kappa shape index (κ1) is 12.4. The van der Waals surface area contributed by atoms with Crippen LogP contribution in [0, 0.1) is 20.8 Å². The van der Waals surface area contributed by atoms with Crippen molar-refractivity contribution < 1.29 is 9.90 Å². The summed E-state index contributed by atoms with van der Waals surface area (Å²) in [4.78, 5) is 11.1. The summed E-state index contributed by atoms with van der Waals surface area (Å²) in [5.41, 5.74) is 5.58. The maximum absolute atomic E-state index is 11.1. The van der Waals surface area contributed by atoms with Crippen molar-refractivity contribution in [2.24, 2.45) is 7.05 Å². The first-order valence-corrected chi connectivity index (χ1v) is 5.89. The smallest absolute Gasteiger partial charge is 0.337 e. The number of carboxylic acid groups (broad SMARTS) is 1. The topological polar surface area (TPSA) is 42.2 Å². The molecule has 94 valence electrons. The van der Waals surface area contributed by atoms with E-state index < -0.39 is 5.97 Å². The fourth-order valence-corrected chi connectivity index (χ4v) is 2.09. The summed E-state index contributed by atoms with van der Waals surface area (Å²) in [6.07, 6.45) is 0. The normalized spacial score (nSPS) is 10.7. The van der Waals surface area contributed by atoms with Crippen LogP contribution in [0.5, 0.6) is 0 Å². The summed E-state index contributed by atoms with van der Waals surface area (Å²) in [5, 5.41) is 9.14. The second-order valence-corrected chi connectivity index (χ2v) is 4.69. The van der Waals surface area contributed by atoms with Crippen molar-refractivity contribution in [1.29, 1.82) is 0 Å². The average molecular weight is 243 g/mol. The lowest BCUT2D eigenvalue weighted by Crippen LogP contribution is -1.99. The molecule has 1 aromatic heterocycles. The molecule has 0 fully saturated rings. The van der Waals surface area contributed by atoms with Gasteiger partial charge in [-0.15, -0.1) is 0 Å². The summed E-state index contributed by atoms with van der Waals surface area (Å²) in [5.74, 6) is -0.877. The van der Waals surface area contributed by atoms with E-state index in [4.69, 9.17) is 5.11 Å². The molecule has 1 N–H and O–H groups in total. The predicted molar refractivity (Wildman–Crippen MR) is 72.0 cm³/mol. The average Bonchev–Trinajstić information content (AvgIpc) is 2.60. The third kappa shape index (κ3) is 1.92. The van der Waals surface area contributed by atoms with Crippen molar-refractivity contribution in [2.45, 2.75) is 20.8 Å². The molecule has 0 bridgehead atoms. The molecule has 0 spiro atoms. The van der Waals surface area contributed by atoms with Gasteiger partial charge < -0.3 is 9.67 Å². The number of aromatic carboxylic acids is 1. The summed E-state index contributed by atoms with van der Waals surface area (Å²) in [6.45, 7) is 5.96. The molecule has 0 unspecified atom stereocenters. The summed E-state index contributed by atoms with van der Waals surface area (Å²) in [7, 11) is 1.90. The van der Waals surface area contributed by atoms with E-state index in [1.54, 1.807) is 6.07 Å². The monoisotopic (exact) mass is 243 g/mol. The molecule has 0 aliphatic carbocycles. The lowest BCUT2D eigenvalue weighted by molar-refractivity contribution is 0.0696. The Morgan fingerprint density at radius 1 is 1.11 bits per heavy atom. The van der Waals surface area contributed by atoms with Crippen LogP contribution in [0.25, 0.3) is 11.3 Å². The van der Waals surface area contributed by atoms with Crippen molar-refractivity contribution in [3.05, 3.63) is 46.6 Å². The number of aryl methyl sites for hydroxylation is 2. The van der Waals surface area contributed by atoms with Gasteiger partial charge in [0, 0.05) is 18.4 Å². The van der Waals surface area contributed by atoms with Crippen LogP contribution in [0.2, 0.25) is 0 Å². The Hall–Kier alpha value is -2.03. The Morgan fingerprint density at radius 2 is 1.78 bits per heavy atom. The third-order valence-electron chi connectivity index (χ3n) is 3.57. The van der Waals surface area contributed by atoms with Crippen LogP contribution < -0.4 is 0 Å². The van der Waals surface area contributed by atoms with Gasteiger partial charge in [-0.25, -0.2) is 4.79 Å². The number of rotatable bonds is 2. The molecule has 0 amide bonds. The summed E-state index contributed by atoms with van der Waals surface area (Å²) in [6, 6.07) is 7.92. The second kappa shape index (κ2) is 4.33. The number of benzene rings is 1. The number of nitrogens with zero attached hydrogens (tertiary/aromatic N) is 1. The first-order valence-electron chi connectivity index (χ1n) is 5.89. The zero-order chi connectivity index (χ0) is 13.4. The molecule has 0 aliphatic rings. The zero-order valence-corrected chi connectivity index (χ0v) is 11.1. The number of aromatic nitrogens is 1. The maximum atomic E-state index is 11.1. The third-order valence-corrected chi connectivity index (χ3v) is 3.57. The van der Waals surface area contributed by atoms with Gasteiger partial charge in [0.1, 0.15) is 0 Å². The molecular formula is C15H17NO2. The Bertz CT molecular complexity index is 624. The SMILES string of the molecule is Cc1ccc(-c2cc(C(=O)O)c(C)n2C)cc1C. The van der Waals surface area contributed by atoms with Gasteiger partial charge in [0.2, 0.25) is 0 Å². The van der Waals surface area contributed by atoms with Gasteiger partial charge in [-0.3, -0.25) is 0 Å². The van der Waals surface area contributed by atoms with E-state index >= 15 is 0 Å². The molecule has 2 aromatic rings.